The number of esters is 1. The van der Waals surface area contributed by atoms with Gasteiger partial charge in [-0.15, -0.1) is 0 Å². The smallest absolute Gasteiger partial charge is 0.310 e. The van der Waals surface area contributed by atoms with Crippen molar-refractivity contribution in [3.05, 3.63) is 47.2 Å². The highest BCUT2D eigenvalue weighted by Crippen LogP contribution is 2.24. The Morgan fingerprint density at radius 2 is 1.94 bits per heavy atom. The van der Waals surface area contributed by atoms with Gasteiger partial charge in [-0.1, -0.05) is 30.3 Å². The third kappa shape index (κ3) is 2.97. The number of ether oxygens (including phenoxy) is 1. The molecule has 0 aliphatic heterocycles. The van der Waals surface area contributed by atoms with Gasteiger partial charge in [0.2, 0.25) is 0 Å². The molecule has 1 aliphatic carbocycles. The van der Waals surface area contributed by atoms with Crippen LogP contribution >= 0.6 is 0 Å². The lowest BCUT2D eigenvalue weighted by molar-refractivity contribution is -0.144. The van der Waals surface area contributed by atoms with Crippen molar-refractivity contribution in [1.82, 2.24) is 0 Å². The fraction of sp³-hybridized carbons (Fsp3) is 0.286. The number of aliphatic hydroxyl groups excluding tert-OH is 1. The van der Waals surface area contributed by atoms with Crippen LogP contribution in [0, 0.1) is 0 Å². The van der Waals surface area contributed by atoms with Crippen molar-refractivity contribution in [3.8, 4) is 0 Å². The molecule has 1 aromatic rings. The molecule has 0 spiro atoms. The second kappa shape index (κ2) is 5.49. The van der Waals surface area contributed by atoms with Crippen molar-refractivity contribution >= 4 is 11.8 Å². The number of hydrogen-bond acceptors (Lipinski definition) is 4. The molecule has 0 amide bonds. The molecule has 1 aliphatic rings. The Hall–Kier alpha value is -2.10. The molecule has 1 aromatic carbocycles. The predicted octanol–water partition coefficient (Wildman–Crippen LogP) is 2.29. The molecule has 0 radical (unpaired) electrons. The van der Waals surface area contributed by atoms with Crippen LogP contribution in [0.2, 0.25) is 0 Å². The first-order chi connectivity index (χ1) is 8.66. The van der Waals surface area contributed by atoms with Crippen LogP contribution in [0.1, 0.15) is 24.8 Å². The van der Waals surface area contributed by atoms with E-state index in [1.54, 1.807) is 0 Å². The number of hydrogen-bond donors (Lipinski definition) is 1. The Labute approximate surface area is 105 Å². The van der Waals surface area contributed by atoms with Gasteiger partial charge in [0.25, 0.3) is 0 Å². The van der Waals surface area contributed by atoms with E-state index in [1.165, 1.54) is 0 Å². The van der Waals surface area contributed by atoms with Gasteiger partial charge < -0.3 is 9.84 Å². The third-order valence-corrected chi connectivity index (χ3v) is 2.85. The molecule has 94 valence electrons. The minimum absolute atomic E-state index is 0.00952. The number of carbonyl (C=O) groups is 2. The minimum atomic E-state index is -0.421. The quantitative estimate of drug-likeness (QED) is 0.828. The van der Waals surface area contributed by atoms with Crippen molar-refractivity contribution in [2.24, 2.45) is 0 Å². The summed E-state index contributed by atoms with van der Waals surface area (Å²) in [7, 11) is 0. The molecule has 0 unspecified atom stereocenters. The maximum atomic E-state index is 11.5. The Morgan fingerprint density at radius 3 is 2.56 bits per heavy atom. The molecule has 0 saturated heterocycles. The van der Waals surface area contributed by atoms with E-state index in [1.807, 2.05) is 30.3 Å². The number of carbonyl (C=O) groups excluding carboxylic acids is 2. The lowest BCUT2D eigenvalue weighted by Gasteiger charge is -2.05. The van der Waals surface area contributed by atoms with Gasteiger partial charge in [-0.05, 0) is 17.6 Å². The summed E-state index contributed by atoms with van der Waals surface area (Å²) in [6.07, 6.45) is 0.725. The lowest BCUT2D eigenvalue weighted by Crippen LogP contribution is -2.06. The number of allylic oxidation sites excluding steroid dienone is 1. The molecule has 0 atom stereocenters. The lowest BCUT2D eigenvalue weighted by atomic mass is 10.1. The molecular weight excluding hydrogens is 232 g/mol. The number of benzene rings is 1. The molecule has 18 heavy (non-hydrogen) atoms. The Bertz CT molecular complexity index is 488. The summed E-state index contributed by atoms with van der Waals surface area (Å²) in [6.45, 7) is 0.210. The van der Waals surface area contributed by atoms with Crippen LogP contribution in [-0.4, -0.2) is 16.9 Å². The maximum Gasteiger partial charge on any atom is 0.310 e. The first-order valence-electron chi connectivity index (χ1n) is 5.80. The number of aliphatic hydroxyl groups is 1. The largest absolute Gasteiger partial charge is 0.504 e. The molecule has 0 heterocycles. The Balaban J connectivity index is 1.85. The van der Waals surface area contributed by atoms with Crippen molar-refractivity contribution in [2.75, 3.05) is 0 Å². The number of ketones is 1. The van der Waals surface area contributed by atoms with Crippen LogP contribution < -0.4 is 0 Å². The summed E-state index contributed by atoms with van der Waals surface area (Å²) in [4.78, 5) is 22.6. The van der Waals surface area contributed by atoms with E-state index >= 15 is 0 Å². The average Bonchev–Trinajstić information content (AvgIpc) is 2.70. The zero-order valence-electron chi connectivity index (χ0n) is 9.89. The number of Topliss-reactive ketones (excluding diaryl/α,β-unsaturated/α-hetero) is 1. The summed E-state index contributed by atoms with van der Waals surface area (Å²) >= 11 is 0. The van der Waals surface area contributed by atoms with Gasteiger partial charge >= 0.3 is 5.97 Å². The van der Waals surface area contributed by atoms with Crippen LogP contribution in [0.3, 0.4) is 0 Å². The van der Waals surface area contributed by atoms with E-state index in [9.17, 15) is 14.7 Å². The van der Waals surface area contributed by atoms with Gasteiger partial charge in [-0.3, -0.25) is 9.59 Å². The Morgan fingerprint density at radius 1 is 1.22 bits per heavy atom. The normalized spacial score (nSPS) is 15.0. The second-order valence-electron chi connectivity index (χ2n) is 4.20. The third-order valence-electron chi connectivity index (χ3n) is 2.85. The van der Waals surface area contributed by atoms with Crippen LogP contribution in [0.5, 0.6) is 0 Å². The molecule has 0 bridgehead atoms. The minimum Gasteiger partial charge on any atom is -0.504 e. The number of rotatable bonds is 4. The fourth-order valence-electron chi connectivity index (χ4n) is 1.83. The molecule has 1 N–H and O–H groups in total. The van der Waals surface area contributed by atoms with Crippen LogP contribution in [0.25, 0.3) is 0 Å². The molecule has 4 nitrogen and oxygen atoms in total. The monoisotopic (exact) mass is 246 g/mol. The van der Waals surface area contributed by atoms with E-state index in [0.29, 0.717) is 12.0 Å². The molecule has 0 aromatic heterocycles. The topological polar surface area (TPSA) is 63.6 Å². The highest BCUT2D eigenvalue weighted by Gasteiger charge is 2.24. The first kappa shape index (κ1) is 12.4. The van der Waals surface area contributed by atoms with Crippen LogP contribution in [0.4, 0.5) is 0 Å². The fourth-order valence-corrected chi connectivity index (χ4v) is 1.83. The second-order valence-corrected chi connectivity index (χ2v) is 4.20. The SMILES string of the molecule is O=C(CC1=C(O)C(=O)CC1)OCc1ccccc1. The summed E-state index contributed by atoms with van der Waals surface area (Å²) in [5, 5.41) is 9.41. The summed E-state index contributed by atoms with van der Waals surface area (Å²) < 4.78 is 5.08. The summed E-state index contributed by atoms with van der Waals surface area (Å²) in [6, 6.07) is 9.35. The first-order valence-corrected chi connectivity index (χ1v) is 5.80. The van der Waals surface area contributed by atoms with E-state index in [0.717, 1.165) is 5.56 Å². The van der Waals surface area contributed by atoms with Crippen molar-refractivity contribution in [3.63, 3.8) is 0 Å². The van der Waals surface area contributed by atoms with Crippen LogP contribution in [0.15, 0.2) is 41.7 Å². The molecule has 0 saturated carbocycles. The molecule has 4 heteroatoms. The highest BCUT2D eigenvalue weighted by molar-refractivity contribution is 5.97. The maximum absolute atomic E-state index is 11.5. The standard InChI is InChI=1S/C14H14O4/c15-12-7-6-11(14(12)17)8-13(16)18-9-10-4-2-1-3-5-10/h1-5,17H,6-9H2. The van der Waals surface area contributed by atoms with Gasteiger partial charge in [0.1, 0.15) is 6.61 Å². The van der Waals surface area contributed by atoms with Gasteiger partial charge in [-0.25, -0.2) is 0 Å². The zero-order valence-corrected chi connectivity index (χ0v) is 9.89. The molecular formula is C14H14O4. The van der Waals surface area contributed by atoms with Gasteiger partial charge in [-0.2, -0.15) is 0 Å². The van der Waals surface area contributed by atoms with Gasteiger partial charge in [0.05, 0.1) is 6.42 Å². The van der Waals surface area contributed by atoms with Crippen molar-refractivity contribution in [1.29, 1.82) is 0 Å². The molecule has 2 rings (SSSR count). The zero-order chi connectivity index (χ0) is 13.0. The van der Waals surface area contributed by atoms with E-state index in [2.05, 4.69) is 0 Å². The van der Waals surface area contributed by atoms with Gasteiger partial charge in [0, 0.05) is 6.42 Å². The van der Waals surface area contributed by atoms with E-state index in [4.69, 9.17) is 4.74 Å². The van der Waals surface area contributed by atoms with Crippen LogP contribution in [-0.2, 0) is 20.9 Å². The van der Waals surface area contributed by atoms with Crippen molar-refractivity contribution in [2.45, 2.75) is 25.9 Å². The summed E-state index contributed by atoms with van der Waals surface area (Å²) in [5.41, 5.74) is 1.39. The molecule has 0 fully saturated rings. The average molecular weight is 246 g/mol. The summed E-state index contributed by atoms with van der Waals surface area (Å²) in [5.74, 6) is -0.970. The van der Waals surface area contributed by atoms with E-state index in [-0.39, 0.29) is 31.0 Å². The Kier molecular flexibility index (Phi) is 3.77. The van der Waals surface area contributed by atoms with Crippen molar-refractivity contribution < 1.29 is 19.4 Å². The van der Waals surface area contributed by atoms with Gasteiger partial charge in [0.15, 0.2) is 11.5 Å². The predicted molar refractivity (Wildman–Crippen MR) is 64.8 cm³/mol. The highest BCUT2D eigenvalue weighted by atomic mass is 16.5. The van der Waals surface area contributed by atoms with E-state index < -0.39 is 5.97 Å².